The zero-order valence-corrected chi connectivity index (χ0v) is 11.9. The lowest BCUT2D eigenvalue weighted by molar-refractivity contribution is 0.0936. The Bertz CT molecular complexity index is 417. The van der Waals surface area contributed by atoms with E-state index in [2.05, 4.69) is 34.8 Å². The van der Waals surface area contributed by atoms with Gasteiger partial charge in [-0.3, -0.25) is 4.79 Å². The van der Waals surface area contributed by atoms with Crippen molar-refractivity contribution in [2.75, 3.05) is 0 Å². The molecule has 0 heterocycles. The Labute approximate surface area is 114 Å². The van der Waals surface area contributed by atoms with E-state index in [1.165, 1.54) is 12.8 Å². The van der Waals surface area contributed by atoms with Gasteiger partial charge in [-0.1, -0.05) is 11.6 Å². The van der Waals surface area contributed by atoms with E-state index in [1.807, 2.05) is 12.1 Å². The molecule has 0 bridgehead atoms. The SMILES string of the molecule is CC(NC(=O)c1ccc(I)c(Cl)c1)C1CC1. The summed E-state index contributed by atoms with van der Waals surface area (Å²) < 4.78 is 0.964. The van der Waals surface area contributed by atoms with Crippen LogP contribution in [0.3, 0.4) is 0 Å². The van der Waals surface area contributed by atoms with Crippen LogP contribution in [-0.4, -0.2) is 11.9 Å². The molecular weight excluding hydrogens is 336 g/mol. The predicted octanol–water partition coefficient (Wildman–Crippen LogP) is 3.47. The van der Waals surface area contributed by atoms with Crippen LogP contribution < -0.4 is 5.32 Å². The van der Waals surface area contributed by atoms with Crippen LogP contribution in [0.15, 0.2) is 18.2 Å². The number of nitrogens with one attached hydrogen (secondary N) is 1. The molecule has 1 aliphatic carbocycles. The summed E-state index contributed by atoms with van der Waals surface area (Å²) in [6.07, 6.45) is 2.46. The Kier molecular flexibility index (Phi) is 3.74. The van der Waals surface area contributed by atoms with Crippen LogP contribution in [-0.2, 0) is 0 Å². The van der Waals surface area contributed by atoms with Crippen molar-refractivity contribution in [1.82, 2.24) is 5.32 Å². The highest BCUT2D eigenvalue weighted by Crippen LogP contribution is 2.32. The van der Waals surface area contributed by atoms with Crippen LogP contribution >= 0.6 is 34.2 Å². The lowest BCUT2D eigenvalue weighted by Crippen LogP contribution is -2.33. The molecule has 2 rings (SSSR count). The lowest BCUT2D eigenvalue weighted by Gasteiger charge is -2.12. The van der Waals surface area contributed by atoms with Crippen LogP contribution in [0.4, 0.5) is 0 Å². The number of hydrogen-bond donors (Lipinski definition) is 1. The molecule has 1 fully saturated rings. The number of amides is 1. The molecule has 2 nitrogen and oxygen atoms in total. The van der Waals surface area contributed by atoms with Gasteiger partial charge in [0.1, 0.15) is 0 Å². The molecule has 1 aliphatic rings. The largest absolute Gasteiger partial charge is 0.349 e. The van der Waals surface area contributed by atoms with Crippen LogP contribution in [0.2, 0.25) is 5.02 Å². The summed E-state index contributed by atoms with van der Waals surface area (Å²) in [5.74, 6) is 0.640. The number of hydrogen-bond acceptors (Lipinski definition) is 1. The number of rotatable bonds is 3. The molecule has 1 aromatic rings. The first-order valence-electron chi connectivity index (χ1n) is 5.34. The maximum absolute atomic E-state index is 11.9. The van der Waals surface area contributed by atoms with Crippen LogP contribution in [0.25, 0.3) is 0 Å². The molecular formula is C12H13ClINO. The average molecular weight is 350 g/mol. The van der Waals surface area contributed by atoms with Crippen molar-refractivity contribution >= 4 is 40.1 Å². The Hall–Kier alpha value is -0.290. The van der Waals surface area contributed by atoms with E-state index in [1.54, 1.807) is 6.07 Å². The number of halogens is 2. The van der Waals surface area contributed by atoms with Crippen molar-refractivity contribution < 1.29 is 4.79 Å². The first kappa shape index (κ1) is 12.2. The second kappa shape index (κ2) is 4.92. The van der Waals surface area contributed by atoms with Crippen LogP contribution in [0.1, 0.15) is 30.1 Å². The van der Waals surface area contributed by atoms with Gasteiger partial charge in [0, 0.05) is 15.2 Å². The third kappa shape index (κ3) is 2.88. The van der Waals surface area contributed by atoms with Gasteiger partial charge in [0.25, 0.3) is 5.91 Å². The van der Waals surface area contributed by atoms with Crippen molar-refractivity contribution in [3.63, 3.8) is 0 Å². The van der Waals surface area contributed by atoms with Gasteiger partial charge < -0.3 is 5.32 Å². The maximum atomic E-state index is 11.9. The zero-order valence-electron chi connectivity index (χ0n) is 8.97. The molecule has 1 unspecified atom stereocenters. The molecule has 4 heteroatoms. The first-order chi connectivity index (χ1) is 7.58. The van der Waals surface area contributed by atoms with Gasteiger partial charge in [-0.2, -0.15) is 0 Å². The Morgan fingerprint density at radius 2 is 2.25 bits per heavy atom. The second-order valence-corrected chi connectivity index (χ2v) is 5.80. The van der Waals surface area contributed by atoms with Crippen molar-refractivity contribution in [1.29, 1.82) is 0 Å². The molecule has 0 aliphatic heterocycles. The lowest BCUT2D eigenvalue weighted by atomic mass is 10.1. The summed E-state index contributed by atoms with van der Waals surface area (Å²) in [7, 11) is 0. The molecule has 1 atom stereocenters. The van der Waals surface area contributed by atoms with E-state index >= 15 is 0 Å². The van der Waals surface area contributed by atoms with E-state index in [4.69, 9.17) is 11.6 Å². The molecule has 0 spiro atoms. The van der Waals surface area contributed by atoms with Gasteiger partial charge in [-0.15, -0.1) is 0 Å². The predicted molar refractivity (Wildman–Crippen MR) is 73.8 cm³/mol. The minimum atomic E-state index is -0.0299. The summed E-state index contributed by atoms with van der Waals surface area (Å²) in [4.78, 5) is 11.9. The van der Waals surface area contributed by atoms with E-state index in [0.717, 1.165) is 3.57 Å². The maximum Gasteiger partial charge on any atom is 0.251 e. The third-order valence-corrected chi connectivity index (χ3v) is 4.44. The Balaban J connectivity index is 2.05. The van der Waals surface area contributed by atoms with Gasteiger partial charge in [0.05, 0.1) is 5.02 Å². The van der Waals surface area contributed by atoms with Crippen molar-refractivity contribution in [2.45, 2.75) is 25.8 Å². The average Bonchev–Trinajstić information content (AvgIpc) is 3.05. The third-order valence-electron chi connectivity index (χ3n) is 2.87. The standard InChI is InChI=1S/C12H13ClINO/c1-7(8-2-3-8)15-12(16)9-4-5-11(14)10(13)6-9/h4-8H,2-3H2,1H3,(H,15,16). The van der Waals surface area contributed by atoms with Crippen LogP contribution in [0, 0.1) is 9.49 Å². The van der Waals surface area contributed by atoms with Crippen molar-refractivity contribution in [2.24, 2.45) is 5.92 Å². The molecule has 1 N–H and O–H groups in total. The molecule has 16 heavy (non-hydrogen) atoms. The van der Waals surface area contributed by atoms with E-state index in [-0.39, 0.29) is 11.9 Å². The summed E-state index contributed by atoms with van der Waals surface area (Å²) in [5.41, 5.74) is 0.637. The molecule has 1 aromatic carbocycles. The summed E-state index contributed by atoms with van der Waals surface area (Å²) in [6.45, 7) is 2.06. The number of carbonyl (C=O) groups is 1. The molecule has 0 aromatic heterocycles. The molecule has 1 amide bonds. The smallest absolute Gasteiger partial charge is 0.251 e. The fraction of sp³-hybridized carbons (Fsp3) is 0.417. The van der Waals surface area contributed by atoms with Gasteiger partial charge in [0.2, 0.25) is 0 Å². The highest BCUT2D eigenvalue weighted by molar-refractivity contribution is 14.1. The molecule has 1 saturated carbocycles. The summed E-state index contributed by atoms with van der Waals surface area (Å²) >= 11 is 8.13. The summed E-state index contributed by atoms with van der Waals surface area (Å²) in [5, 5.41) is 3.64. The highest BCUT2D eigenvalue weighted by atomic mass is 127. The monoisotopic (exact) mass is 349 g/mol. The summed E-state index contributed by atoms with van der Waals surface area (Å²) in [6, 6.07) is 5.66. The minimum Gasteiger partial charge on any atom is -0.349 e. The number of benzene rings is 1. The molecule has 0 saturated heterocycles. The normalized spacial score (nSPS) is 16.9. The quantitative estimate of drug-likeness (QED) is 0.832. The van der Waals surface area contributed by atoms with E-state index in [0.29, 0.717) is 16.5 Å². The van der Waals surface area contributed by atoms with Crippen molar-refractivity contribution in [3.05, 3.63) is 32.4 Å². The topological polar surface area (TPSA) is 29.1 Å². The van der Waals surface area contributed by atoms with E-state index < -0.39 is 0 Å². The van der Waals surface area contributed by atoms with Gasteiger partial charge in [-0.05, 0) is 66.5 Å². The van der Waals surface area contributed by atoms with Gasteiger partial charge >= 0.3 is 0 Å². The Morgan fingerprint density at radius 1 is 1.56 bits per heavy atom. The molecule has 86 valence electrons. The van der Waals surface area contributed by atoms with E-state index in [9.17, 15) is 4.79 Å². The minimum absolute atomic E-state index is 0.0299. The highest BCUT2D eigenvalue weighted by Gasteiger charge is 2.29. The number of carbonyl (C=O) groups excluding carboxylic acids is 1. The van der Waals surface area contributed by atoms with Gasteiger partial charge in [-0.25, -0.2) is 0 Å². The zero-order chi connectivity index (χ0) is 11.7. The fourth-order valence-corrected chi connectivity index (χ4v) is 2.16. The molecule has 0 radical (unpaired) electrons. The fourth-order valence-electron chi connectivity index (χ4n) is 1.64. The Morgan fingerprint density at radius 3 is 2.81 bits per heavy atom. The van der Waals surface area contributed by atoms with Gasteiger partial charge in [0.15, 0.2) is 0 Å². The first-order valence-corrected chi connectivity index (χ1v) is 6.79. The van der Waals surface area contributed by atoms with Crippen molar-refractivity contribution in [3.8, 4) is 0 Å². The van der Waals surface area contributed by atoms with Crippen LogP contribution in [0.5, 0.6) is 0 Å². The second-order valence-electron chi connectivity index (χ2n) is 4.23.